The zero-order valence-corrected chi connectivity index (χ0v) is 36.8. The van der Waals surface area contributed by atoms with Crippen molar-refractivity contribution < 1.29 is 4.42 Å². The van der Waals surface area contributed by atoms with Gasteiger partial charge < -0.3 is 4.42 Å². The second kappa shape index (κ2) is 13.2. The highest BCUT2D eigenvalue weighted by molar-refractivity contribution is 6.25. The summed E-state index contributed by atoms with van der Waals surface area (Å²) in [6, 6.07) is 86.5. The molecule has 1 heteroatoms. The minimum Gasteiger partial charge on any atom is -0.455 e. The van der Waals surface area contributed by atoms with Crippen LogP contribution >= 0.6 is 0 Å². The minimum absolute atomic E-state index is 0.499. The van der Waals surface area contributed by atoms with Crippen LogP contribution in [0.2, 0.25) is 0 Å². The number of hydrogen-bond acceptors (Lipinski definition) is 1. The summed E-state index contributed by atoms with van der Waals surface area (Å²) in [6.07, 6.45) is 0. The molecule has 1 aromatic heterocycles. The third kappa shape index (κ3) is 4.56. The van der Waals surface area contributed by atoms with E-state index in [1.54, 1.807) is 0 Å². The summed E-state index contributed by atoms with van der Waals surface area (Å²) in [6.45, 7) is 0. The standard InChI is InChI=1S/C67H38O/c1-2-17-41-38-60-57(35-40(41)16-1)64-48-22-6-5-19-45(48)55-36-42(30-32-53(55)65(64)67(60)58-27-13-11-20-46(58)47-21-12-14-28-59(47)67)62-49-23-7-9-25-51(49)63(52-26-10-8-24-50(52)62)43-31-34-61-56(37-43)54-33-29-39-15-3-4-18-44(39)66(54)68-61/h1-38H. The number of hydrogen-bond donors (Lipinski definition) is 0. The second-order valence-electron chi connectivity index (χ2n) is 19.0. The van der Waals surface area contributed by atoms with Crippen molar-refractivity contribution >= 4 is 86.6 Å². The van der Waals surface area contributed by atoms with E-state index in [-0.39, 0.29) is 0 Å². The van der Waals surface area contributed by atoms with E-state index in [9.17, 15) is 0 Å². The molecular formula is C67H38O. The SMILES string of the molecule is c1ccc2c(c1)-c1ccccc1C21c2cc3ccccc3cc2-c2c1c1ccc(-c3c4ccccc4c(-c4ccc5oc6c7ccccc7ccc6c5c4)c4ccccc34)cc1c1ccccc21. The van der Waals surface area contributed by atoms with Crippen LogP contribution in [0.5, 0.6) is 0 Å². The summed E-state index contributed by atoms with van der Waals surface area (Å²) in [5.74, 6) is 0. The van der Waals surface area contributed by atoms with Crippen LogP contribution in [0.25, 0.3) is 131 Å². The maximum Gasteiger partial charge on any atom is 0.143 e. The maximum atomic E-state index is 6.60. The lowest BCUT2D eigenvalue weighted by atomic mass is 9.69. The fourth-order valence-corrected chi connectivity index (χ4v) is 13.1. The van der Waals surface area contributed by atoms with Gasteiger partial charge in [-0.15, -0.1) is 0 Å². The molecule has 2 aliphatic carbocycles. The predicted octanol–water partition coefficient (Wildman–Crippen LogP) is 18.2. The van der Waals surface area contributed by atoms with Crippen LogP contribution in [0.4, 0.5) is 0 Å². The van der Waals surface area contributed by atoms with Gasteiger partial charge in [0.25, 0.3) is 0 Å². The van der Waals surface area contributed by atoms with Crippen LogP contribution in [0, 0.1) is 0 Å². The molecule has 0 amide bonds. The summed E-state index contributed by atoms with van der Waals surface area (Å²) >= 11 is 0. The fraction of sp³-hybridized carbons (Fsp3) is 0.0149. The number of benzene rings is 13. The highest BCUT2D eigenvalue weighted by atomic mass is 16.3. The lowest BCUT2D eigenvalue weighted by molar-refractivity contribution is 0.672. The van der Waals surface area contributed by atoms with E-state index in [0.717, 1.165) is 27.3 Å². The molecule has 14 aromatic rings. The highest BCUT2D eigenvalue weighted by Gasteiger charge is 2.53. The topological polar surface area (TPSA) is 13.1 Å². The van der Waals surface area contributed by atoms with Crippen molar-refractivity contribution in [2.75, 3.05) is 0 Å². The first-order valence-electron chi connectivity index (χ1n) is 23.7. The molecule has 68 heavy (non-hydrogen) atoms. The van der Waals surface area contributed by atoms with Crippen molar-refractivity contribution in [2.24, 2.45) is 0 Å². The van der Waals surface area contributed by atoms with Gasteiger partial charge in [-0.05, 0) is 162 Å². The Kier molecular flexibility index (Phi) is 7.07. The molecular weight excluding hydrogens is 821 g/mol. The van der Waals surface area contributed by atoms with Gasteiger partial charge in [0, 0.05) is 16.2 Å². The first kappa shape index (κ1) is 36.4. The fourth-order valence-electron chi connectivity index (χ4n) is 13.1. The van der Waals surface area contributed by atoms with E-state index >= 15 is 0 Å². The Balaban J connectivity index is 0.990. The van der Waals surface area contributed by atoms with Crippen molar-refractivity contribution in [3.8, 4) is 44.5 Å². The molecule has 0 atom stereocenters. The van der Waals surface area contributed by atoms with E-state index in [1.165, 1.54) is 126 Å². The molecule has 312 valence electrons. The van der Waals surface area contributed by atoms with Crippen molar-refractivity contribution in [2.45, 2.75) is 5.41 Å². The molecule has 16 rings (SSSR count). The smallest absolute Gasteiger partial charge is 0.143 e. The summed E-state index contributed by atoms with van der Waals surface area (Å²) in [5, 5.41) is 17.2. The highest BCUT2D eigenvalue weighted by Crippen LogP contribution is 2.66. The Bertz CT molecular complexity index is 4460. The zero-order chi connectivity index (χ0) is 44.2. The molecule has 0 saturated carbocycles. The van der Waals surface area contributed by atoms with Gasteiger partial charge in [-0.3, -0.25) is 0 Å². The lowest BCUT2D eigenvalue weighted by Crippen LogP contribution is -2.26. The minimum atomic E-state index is -0.499. The van der Waals surface area contributed by atoms with Crippen molar-refractivity contribution in [1.29, 1.82) is 0 Å². The molecule has 0 N–H and O–H groups in total. The third-order valence-corrected chi connectivity index (χ3v) is 15.8. The molecule has 0 aliphatic heterocycles. The molecule has 1 spiro atoms. The van der Waals surface area contributed by atoms with Crippen LogP contribution in [0.15, 0.2) is 235 Å². The average Bonchev–Trinajstić information content (AvgIpc) is 4.03. The Hall–Kier alpha value is -8.78. The average molecular weight is 859 g/mol. The van der Waals surface area contributed by atoms with Crippen LogP contribution in [0.1, 0.15) is 22.3 Å². The Morgan fingerprint density at radius 1 is 0.265 bits per heavy atom. The zero-order valence-electron chi connectivity index (χ0n) is 36.8. The molecule has 0 saturated heterocycles. The van der Waals surface area contributed by atoms with Crippen LogP contribution < -0.4 is 0 Å². The Labute approximate surface area is 391 Å². The summed E-state index contributed by atoms with van der Waals surface area (Å²) in [5.41, 5.74) is 17.0. The molecule has 1 nitrogen and oxygen atoms in total. The Morgan fingerprint density at radius 3 is 1.40 bits per heavy atom. The first-order chi connectivity index (χ1) is 33.7. The normalized spacial score (nSPS) is 13.4. The molecule has 0 fully saturated rings. The summed E-state index contributed by atoms with van der Waals surface area (Å²) in [7, 11) is 0. The van der Waals surface area contributed by atoms with Crippen LogP contribution in [-0.4, -0.2) is 0 Å². The summed E-state index contributed by atoms with van der Waals surface area (Å²) < 4.78 is 6.60. The van der Waals surface area contributed by atoms with Gasteiger partial charge in [-0.1, -0.05) is 194 Å². The van der Waals surface area contributed by atoms with Gasteiger partial charge in [0.05, 0.1) is 5.41 Å². The van der Waals surface area contributed by atoms with Crippen molar-refractivity contribution in [1.82, 2.24) is 0 Å². The molecule has 13 aromatic carbocycles. The molecule has 0 bridgehead atoms. The largest absolute Gasteiger partial charge is 0.455 e. The third-order valence-electron chi connectivity index (χ3n) is 15.8. The monoisotopic (exact) mass is 858 g/mol. The van der Waals surface area contributed by atoms with E-state index < -0.39 is 5.41 Å². The van der Waals surface area contributed by atoms with E-state index in [2.05, 4.69) is 231 Å². The summed E-state index contributed by atoms with van der Waals surface area (Å²) in [4.78, 5) is 0. The van der Waals surface area contributed by atoms with E-state index in [0.29, 0.717) is 0 Å². The van der Waals surface area contributed by atoms with Gasteiger partial charge >= 0.3 is 0 Å². The predicted molar refractivity (Wildman–Crippen MR) is 286 cm³/mol. The molecule has 1 heterocycles. The number of furan rings is 1. The van der Waals surface area contributed by atoms with Crippen molar-refractivity contribution in [3.63, 3.8) is 0 Å². The van der Waals surface area contributed by atoms with Gasteiger partial charge in [0.2, 0.25) is 0 Å². The van der Waals surface area contributed by atoms with Crippen molar-refractivity contribution in [3.05, 3.63) is 253 Å². The van der Waals surface area contributed by atoms with Crippen LogP contribution in [-0.2, 0) is 5.41 Å². The second-order valence-corrected chi connectivity index (χ2v) is 19.0. The molecule has 0 radical (unpaired) electrons. The molecule has 2 aliphatic rings. The Morgan fingerprint density at radius 2 is 0.750 bits per heavy atom. The number of rotatable bonds is 2. The molecule has 0 unspecified atom stereocenters. The van der Waals surface area contributed by atoms with Gasteiger partial charge in [-0.25, -0.2) is 0 Å². The maximum absolute atomic E-state index is 6.60. The van der Waals surface area contributed by atoms with Crippen LogP contribution in [0.3, 0.4) is 0 Å². The number of fused-ring (bicyclic) bond motifs is 23. The van der Waals surface area contributed by atoms with Gasteiger partial charge in [0.15, 0.2) is 0 Å². The van der Waals surface area contributed by atoms with Gasteiger partial charge in [0.1, 0.15) is 11.2 Å². The quantitative estimate of drug-likeness (QED) is 0.125. The van der Waals surface area contributed by atoms with E-state index in [1.807, 2.05) is 0 Å². The first-order valence-corrected chi connectivity index (χ1v) is 23.7. The van der Waals surface area contributed by atoms with E-state index in [4.69, 9.17) is 4.42 Å². The lowest BCUT2D eigenvalue weighted by Gasteiger charge is -2.32. The van der Waals surface area contributed by atoms with Gasteiger partial charge in [-0.2, -0.15) is 0 Å².